The number of para-hydroxylation sites is 2. The number of allylic oxidation sites excluding steroid dienone is 1. The molecule has 9 heteroatoms. The zero-order chi connectivity index (χ0) is 20.6. The molecule has 0 aliphatic heterocycles. The monoisotopic (exact) mass is 388 g/mol. The molecule has 0 aliphatic rings. The van der Waals surface area contributed by atoms with Gasteiger partial charge in [-0.05, 0) is 24.3 Å². The molecular formula is C20H16N6O3. The van der Waals surface area contributed by atoms with Gasteiger partial charge in [0.05, 0.1) is 5.57 Å². The number of nitrogens with zero attached hydrogens (tertiary/aromatic N) is 4. The molecule has 1 aromatic heterocycles. The second-order valence-corrected chi connectivity index (χ2v) is 5.72. The number of hydrogen-bond acceptors (Lipinski definition) is 8. The van der Waals surface area contributed by atoms with Gasteiger partial charge in [0.1, 0.15) is 11.8 Å². The second kappa shape index (κ2) is 8.96. The number of benzene rings is 2. The van der Waals surface area contributed by atoms with E-state index in [-0.39, 0.29) is 23.3 Å². The Bertz CT molecular complexity index is 1090. The van der Waals surface area contributed by atoms with Crippen LogP contribution in [0.2, 0.25) is 0 Å². The summed E-state index contributed by atoms with van der Waals surface area (Å²) in [5.41, 5.74) is 7.14. The van der Waals surface area contributed by atoms with Gasteiger partial charge in [0, 0.05) is 11.3 Å². The Kier molecular flexibility index (Phi) is 5.97. The Labute approximate surface area is 166 Å². The number of nitrogen functional groups attached to an aromatic ring is 1. The van der Waals surface area contributed by atoms with E-state index >= 15 is 0 Å². The molecule has 0 saturated carbocycles. The van der Waals surface area contributed by atoms with Crippen LogP contribution in [0.15, 0.2) is 54.6 Å². The molecule has 0 bridgehead atoms. The summed E-state index contributed by atoms with van der Waals surface area (Å²) in [5, 5.41) is 21.4. The number of rotatable bonds is 7. The van der Waals surface area contributed by atoms with Gasteiger partial charge >= 0.3 is 5.97 Å². The van der Waals surface area contributed by atoms with Crippen LogP contribution in [0.3, 0.4) is 0 Å². The minimum Gasteiger partial charge on any atom is -0.481 e. The highest BCUT2D eigenvalue weighted by atomic mass is 16.5. The molecule has 0 spiro atoms. The van der Waals surface area contributed by atoms with Crippen LogP contribution in [0.5, 0.6) is 5.75 Å². The van der Waals surface area contributed by atoms with Gasteiger partial charge in [0.25, 0.3) is 0 Å². The number of aromatic nitrogens is 3. The fourth-order valence-corrected chi connectivity index (χ4v) is 2.39. The standard InChI is InChI=1S/C20H16N6O3/c21-11-14(10-13-6-4-5-9-16(13)29-12-17(27)28)18-24-19(22)26-20(25-18)23-15-7-2-1-3-8-15/h1-10H,12H2,(H,27,28)(H3,22,23,24,25,26). The van der Waals surface area contributed by atoms with Gasteiger partial charge < -0.3 is 20.9 Å². The van der Waals surface area contributed by atoms with Crippen molar-refractivity contribution in [2.75, 3.05) is 17.7 Å². The number of nitrogens with two attached hydrogens (primary N) is 1. The number of hydrogen-bond donors (Lipinski definition) is 3. The third kappa shape index (κ3) is 5.27. The largest absolute Gasteiger partial charge is 0.481 e. The lowest BCUT2D eigenvalue weighted by Crippen LogP contribution is -2.10. The number of anilines is 3. The van der Waals surface area contributed by atoms with Gasteiger partial charge in [-0.3, -0.25) is 0 Å². The lowest BCUT2D eigenvalue weighted by molar-refractivity contribution is -0.139. The summed E-state index contributed by atoms with van der Waals surface area (Å²) in [7, 11) is 0. The first-order chi connectivity index (χ1) is 14.0. The van der Waals surface area contributed by atoms with E-state index in [1.165, 1.54) is 6.08 Å². The molecule has 0 fully saturated rings. The lowest BCUT2D eigenvalue weighted by Gasteiger charge is -2.08. The van der Waals surface area contributed by atoms with Gasteiger partial charge in [-0.2, -0.15) is 20.2 Å². The zero-order valence-electron chi connectivity index (χ0n) is 15.1. The smallest absolute Gasteiger partial charge is 0.341 e. The summed E-state index contributed by atoms with van der Waals surface area (Å²) in [4.78, 5) is 23.1. The third-order valence-corrected chi connectivity index (χ3v) is 3.61. The van der Waals surface area contributed by atoms with Crippen molar-refractivity contribution in [3.63, 3.8) is 0 Å². The van der Waals surface area contributed by atoms with Crippen LogP contribution in [0.1, 0.15) is 11.4 Å². The number of aliphatic carboxylic acids is 1. The van der Waals surface area contributed by atoms with E-state index in [4.69, 9.17) is 15.6 Å². The summed E-state index contributed by atoms with van der Waals surface area (Å²) < 4.78 is 5.26. The predicted molar refractivity (Wildman–Crippen MR) is 107 cm³/mol. The summed E-state index contributed by atoms with van der Waals surface area (Å²) in [6.07, 6.45) is 1.50. The number of nitriles is 1. The van der Waals surface area contributed by atoms with Crippen LogP contribution in [-0.4, -0.2) is 32.6 Å². The van der Waals surface area contributed by atoms with Crippen LogP contribution in [0.4, 0.5) is 17.6 Å². The Morgan fingerprint density at radius 3 is 2.59 bits per heavy atom. The molecule has 9 nitrogen and oxygen atoms in total. The number of ether oxygens (including phenoxy) is 1. The molecular weight excluding hydrogens is 372 g/mol. The molecule has 0 saturated heterocycles. The maximum Gasteiger partial charge on any atom is 0.341 e. The first-order valence-corrected chi connectivity index (χ1v) is 8.44. The molecule has 3 rings (SSSR count). The van der Waals surface area contributed by atoms with Crippen LogP contribution in [-0.2, 0) is 4.79 Å². The van der Waals surface area contributed by atoms with E-state index in [2.05, 4.69) is 20.3 Å². The molecule has 0 atom stereocenters. The number of carboxylic acids is 1. The third-order valence-electron chi connectivity index (χ3n) is 3.61. The van der Waals surface area contributed by atoms with Crippen LogP contribution in [0.25, 0.3) is 11.6 Å². The summed E-state index contributed by atoms with van der Waals surface area (Å²) in [6.45, 7) is -0.503. The number of carboxylic acid groups (broad SMARTS) is 1. The van der Waals surface area contributed by atoms with Gasteiger partial charge in [0.15, 0.2) is 12.4 Å². The highest BCUT2D eigenvalue weighted by molar-refractivity contribution is 5.88. The van der Waals surface area contributed by atoms with Crippen molar-refractivity contribution in [1.82, 2.24) is 15.0 Å². The summed E-state index contributed by atoms with van der Waals surface area (Å²) >= 11 is 0. The molecule has 2 aromatic carbocycles. The average Bonchev–Trinajstić information content (AvgIpc) is 2.71. The van der Waals surface area contributed by atoms with Crippen molar-refractivity contribution < 1.29 is 14.6 Å². The summed E-state index contributed by atoms with van der Waals surface area (Å²) in [5.74, 6) is -0.579. The maximum atomic E-state index is 10.8. The van der Waals surface area contributed by atoms with Crippen molar-refractivity contribution in [2.24, 2.45) is 0 Å². The van der Waals surface area contributed by atoms with Gasteiger partial charge in [-0.15, -0.1) is 0 Å². The van der Waals surface area contributed by atoms with Crippen LogP contribution >= 0.6 is 0 Å². The van der Waals surface area contributed by atoms with Gasteiger partial charge in [-0.25, -0.2) is 4.79 Å². The molecule has 1 heterocycles. The fourth-order valence-electron chi connectivity index (χ4n) is 2.39. The van der Waals surface area contributed by atoms with Crippen LogP contribution in [0, 0.1) is 11.3 Å². The Balaban J connectivity index is 1.94. The molecule has 29 heavy (non-hydrogen) atoms. The Hall–Kier alpha value is -4.45. The second-order valence-electron chi connectivity index (χ2n) is 5.72. The van der Waals surface area contributed by atoms with Crippen molar-refractivity contribution in [2.45, 2.75) is 0 Å². The predicted octanol–water partition coefficient (Wildman–Crippen LogP) is 2.72. The van der Waals surface area contributed by atoms with E-state index < -0.39 is 12.6 Å². The van der Waals surface area contributed by atoms with Crippen LogP contribution < -0.4 is 15.8 Å². The first-order valence-electron chi connectivity index (χ1n) is 8.44. The van der Waals surface area contributed by atoms with Crippen molar-refractivity contribution in [3.05, 3.63) is 66.0 Å². The SMILES string of the molecule is N#CC(=Cc1ccccc1OCC(=O)O)c1nc(N)nc(Nc2ccccc2)n1. The van der Waals surface area contributed by atoms with Crippen molar-refractivity contribution in [3.8, 4) is 11.8 Å². The molecule has 0 radical (unpaired) electrons. The highest BCUT2D eigenvalue weighted by Gasteiger charge is 2.12. The van der Waals surface area contributed by atoms with E-state index in [1.54, 1.807) is 24.3 Å². The van der Waals surface area contributed by atoms with Crippen molar-refractivity contribution >= 4 is 35.2 Å². The quantitative estimate of drug-likeness (QED) is 0.520. The molecule has 3 aromatic rings. The lowest BCUT2D eigenvalue weighted by atomic mass is 10.1. The first kappa shape index (κ1) is 19.3. The van der Waals surface area contributed by atoms with Gasteiger partial charge in [0.2, 0.25) is 11.9 Å². The maximum absolute atomic E-state index is 10.8. The Morgan fingerprint density at radius 2 is 1.86 bits per heavy atom. The normalized spacial score (nSPS) is 10.8. The minimum atomic E-state index is -1.11. The Morgan fingerprint density at radius 1 is 1.14 bits per heavy atom. The highest BCUT2D eigenvalue weighted by Crippen LogP contribution is 2.24. The van der Waals surface area contributed by atoms with E-state index in [0.717, 1.165) is 5.69 Å². The zero-order valence-corrected chi connectivity index (χ0v) is 15.1. The molecule has 4 N–H and O–H groups in total. The number of nitrogens with one attached hydrogen (secondary N) is 1. The topological polar surface area (TPSA) is 147 Å². The van der Waals surface area contributed by atoms with E-state index in [0.29, 0.717) is 11.3 Å². The molecule has 144 valence electrons. The molecule has 0 amide bonds. The van der Waals surface area contributed by atoms with E-state index in [9.17, 15) is 10.1 Å². The average molecular weight is 388 g/mol. The van der Waals surface area contributed by atoms with E-state index in [1.807, 2.05) is 36.4 Å². The molecule has 0 aliphatic carbocycles. The minimum absolute atomic E-state index is 0.0509. The fraction of sp³-hybridized carbons (Fsp3) is 0.0500. The summed E-state index contributed by atoms with van der Waals surface area (Å²) in [6, 6.07) is 18.0. The molecule has 0 unspecified atom stereocenters. The van der Waals surface area contributed by atoms with Crippen molar-refractivity contribution in [1.29, 1.82) is 5.26 Å². The number of carbonyl (C=O) groups is 1. The van der Waals surface area contributed by atoms with Gasteiger partial charge in [-0.1, -0.05) is 36.4 Å².